The molecule has 2 aromatic rings. The standard InChI is InChI=1S/C17H21BrN2O/c1-10-7-12(3)16(15(8-10)21-4)17(20-19)14-6-5-13(18)9-11(14)2/h5-9,17,20H,19H2,1-4H3. The molecule has 4 heteroatoms. The van der Waals surface area contributed by atoms with E-state index >= 15 is 0 Å². The molecule has 0 radical (unpaired) electrons. The second-order valence-corrected chi connectivity index (χ2v) is 6.21. The third-order valence-corrected chi connectivity index (χ3v) is 4.20. The molecule has 112 valence electrons. The zero-order valence-corrected chi connectivity index (χ0v) is 14.4. The van der Waals surface area contributed by atoms with Gasteiger partial charge in [-0.2, -0.15) is 0 Å². The molecule has 0 saturated carbocycles. The van der Waals surface area contributed by atoms with E-state index in [9.17, 15) is 0 Å². The Morgan fingerprint density at radius 1 is 1.10 bits per heavy atom. The number of ether oxygens (including phenoxy) is 1. The first-order valence-corrected chi connectivity index (χ1v) is 7.64. The Balaban J connectivity index is 2.61. The molecule has 3 nitrogen and oxygen atoms in total. The molecule has 0 fully saturated rings. The van der Waals surface area contributed by atoms with E-state index in [1.165, 1.54) is 11.1 Å². The minimum Gasteiger partial charge on any atom is -0.496 e. The van der Waals surface area contributed by atoms with Crippen LogP contribution in [0.3, 0.4) is 0 Å². The first-order chi connectivity index (χ1) is 9.97. The summed E-state index contributed by atoms with van der Waals surface area (Å²) in [4.78, 5) is 0. The Morgan fingerprint density at radius 3 is 2.38 bits per heavy atom. The van der Waals surface area contributed by atoms with Crippen LogP contribution in [0.4, 0.5) is 0 Å². The van der Waals surface area contributed by atoms with Gasteiger partial charge in [-0.15, -0.1) is 0 Å². The number of benzene rings is 2. The molecule has 0 spiro atoms. The van der Waals surface area contributed by atoms with Crippen LogP contribution in [0.15, 0.2) is 34.8 Å². The van der Waals surface area contributed by atoms with Crippen molar-refractivity contribution >= 4 is 15.9 Å². The molecule has 0 aliphatic heterocycles. The first-order valence-electron chi connectivity index (χ1n) is 6.85. The quantitative estimate of drug-likeness (QED) is 0.649. The van der Waals surface area contributed by atoms with Gasteiger partial charge in [-0.05, 0) is 61.2 Å². The molecule has 1 atom stereocenters. The normalized spacial score (nSPS) is 12.3. The number of nitrogens with one attached hydrogen (secondary N) is 1. The molecular formula is C17H21BrN2O. The van der Waals surface area contributed by atoms with Crippen molar-refractivity contribution in [2.24, 2.45) is 5.84 Å². The van der Waals surface area contributed by atoms with E-state index in [0.717, 1.165) is 26.9 Å². The molecule has 0 heterocycles. The van der Waals surface area contributed by atoms with E-state index in [0.29, 0.717) is 0 Å². The van der Waals surface area contributed by atoms with Crippen molar-refractivity contribution < 1.29 is 4.74 Å². The summed E-state index contributed by atoms with van der Waals surface area (Å²) in [5, 5.41) is 0. The van der Waals surface area contributed by atoms with Gasteiger partial charge in [-0.1, -0.05) is 28.1 Å². The lowest BCUT2D eigenvalue weighted by atomic mass is 9.91. The van der Waals surface area contributed by atoms with Gasteiger partial charge >= 0.3 is 0 Å². The van der Waals surface area contributed by atoms with Gasteiger partial charge in [0.2, 0.25) is 0 Å². The highest BCUT2D eigenvalue weighted by Crippen LogP contribution is 2.35. The lowest BCUT2D eigenvalue weighted by Gasteiger charge is -2.24. The van der Waals surface area contributed by atoms with Crippen LogP contribution >= 0.6 is 15.9 Å². The number of halogens is 1. The average Bonchev–Trinajstić information content (AvgIpc) is 2.42. The van der Waals surface area contributed by atoms with E-state index in [1.807, 2.05) is 12.1 Å². The molecule has 0 aliphatic rings. The van der Waals surface area contributed by atoms with Crippen LogP contribution in [0, 0.1) is 20.8 Å². The highest BCUT2D eigenvalue weighted by Gasteiger charge is 2.21. The largest absolute Gasteiger partial charge is 0.496 e. The maximum absolute atomic E-state index is 5.86. The van der Waals surface area contributed by atoms with Gasteiger partial charge in [-0.25, -0.2) is 5.43 Å². The second kappa shape index (κ2) is 6.60. The van der Waals surface area contributed by atoms with E-state index < -0.39 is 0 Å². The molecule has 2 aromatic carbocycles. The summed E-state index contributed by atoms with van der Waals surface area (Å²) >= 11 is 3.50. The molecule has 3 N–H and O–H groups in total. The summed E-state index contributed by atoms with van der Waals surface area (Å²) in [6.07, 6.45) is 0. The number of methoxy groups -OCH3 is 1. The van der Waals surface area contributed by atoms with Crippen molar-refractivity contribution in [1.82, 2.24) is 5.43 Å². The van der Waals surface area contributed by atoms with Crippen LogP contribution in [-0.2, 0) is 0 Å². The number of hydrogen-bond donors (Lipinski definition) is 2. The minimum absolute atomic E-state index is 0.103. The number of hydrogen-bond acceptors (Lipinski definition) is 3. The van der Waals surface area contributed by atoms with Gasteiger partial charge in [0, 0.05) is 10.0 Å². The molecule has 0 saturated heterocycles. The number of rotatable bonds is 4. The smallest absolute Gasteiger partial charge is 0.124 e. The molecule has 1 unspecified atom stereocenters. The van der Waals surface area contributed by atoms with Crippen molar-refractivity contribution in [3.05, 3.63) is 62.6 Å². The summed E-state index contributed by atoms with van der Waals surface area (Å²) in [5.74, 6) is 6.72. The van der Waals surface area contributed by atoms with Crippen LogP contribution in [0.25, 0.3) is 0 Å². The van der Waals surface area contributed by atoms with Gasteiger partial charge in [0.1, 0.15) is 5.75 Å². The highest BCUT2D eigenvalue weighted by atomic mass is 79.9. The monoisotopic (exact) mass is 348 g/mol. The van der Waals surface area contributed by atoms with E-state index in [4.69, 9.17) is 10.6 Å². The highest BCUT2D eigenvalue weighted by molar-refractivity contribution is 9.10. The third kappa shape index (κ3) is 3.28. The van der Waals surface area contributed by atoms with Crippen molar-refractivity contribution in [2.75, 3.05) is 7.11 Å². The fourth-order valence-corrected chi connectivity index (χ4v) is 3.25. The maximum atomic E-state index is 5.86. The molecule has 0 aromatic heterocycles. The molecule has 0 aliphatic carbocycles. The summed E-state index contributed by atoms with van der Waals surface area (Å²) in [6, 6.07) is 10.3. The van der Waals surface area contributed by atoms with E-state index in [-0.39, 0.29) is 6.04 Å². The lowest BCUT2D eigenvalue weighted by Crippen LogP contribution is -2.30. The van der Waals surface area contributed by atoms with Crippen molar-refractivity contribution in [2.45, 2.75) is 26.8 Å². The Morgan fingerprint density at radius 2 is 1.81 bits per heavy atom. The topological polar surface area (TPSA) is 47.3 Å². The minimum atomic E-state index is -0.103. The Bertz CT molecular complexity index is 655. The van der Waals surface area contributed by atoms with E-state index in [2.05, 4.69) is 60.3 Å². The van der Waals surface area contributed by atoms with Gasteiger partial charge in [0.25, 0.3) is 0 Å². The van der Waals surface area contributed by atoms with Gasteiger partial charge in [0.05, 0.1) is 13.2 Å². The zero-order chi connectivity index (χ0) is 15.6. The molecular weight excluding hydrogens is 328 g/mol. The SMILES string of the molecule is COc1cc(C)cc(C)c1C(NN)c1ccc(Br)cc1C. The van der Waals surface area contributed by atoms with E-state index in [1.54, 1.807) is 7.11 Å². The Hall–Kier alpha value is -1.36. The fourth-order valence-electron chi connectivity index (χ4n) is 2.77. The summed E-state index contributed by atoms with van der Waals surface area (Å²) < 4.78 is 6.63. The van der Waals surface area contributed by atoms with Crippen LogP contribution < -0.4 is 16.0 Å². The predicted octanol–water partition coefficient (Wildman–Crippen LogP) is 3.94. The first kappa shape index (κ1) is 16.0. The van der Waals surface area contributed by atoms with Crippen LogP contribution in [0.2, 0.25) is 0 Å². The fraction of sp³-hybridized carbons (Fsp3) is 0.294. The van der Waals surface area contributed by atoms with Crippen LogP contribution in [0.5, 0.6) is 5.75 Å². The van der Waals surface area contributed by atoms with Gasteiger partial charge in [-0.3, -0.25) is 5.84 Å². The zero-order valence-electron chi connectivity index (χ0n) is 12.8. The molecule has 0 amide bonds. The maximum Gasteiger partial charge on any atom is 0.124 e. The predicted molar refractivity (Wildman–Crippen MR) is 90.5 cm³/mol. The second-order valence-electron chi connectivity index (χ2n) is 5.30. The van der Waals surface area contributed by atoms with Gasteiger partial charge in [0.15, 0.2) is 0 Å². The van der Waals surface area contributed by atoms with Crippen molar-refractivity contribution in [3.8, 4) is 5.75 Å². The third-order valence-electron chi connectivity index (χ3n) is 3.71. The summed E-state index contributed by atoms with van der Waals surface area (Å²) in [6.45, 7) is 6.23. The van der Waals surface area contributed by atoms with Crippen molar-refractivity contribution in [1.29, 1.82) is 0 Å². The molecule has 2 rings (SSSR count). The Kier molecular flexibility index (Phi) is 5.04. The van der Waals surface area contributed by atoms with Crippen LogP contribution in [-0.4, -0.2) is 7.11 Å². The lowest BCUT2D eigenvalue weighted by molar-refractivity contribution is 0.403. The van der Waals surface area contributed by atoms with Crippen molar-refractivity contribution in [3.63, 3.8) is 0 Å². The van der Waals surface area contributed by atoms with Gasteiger partial charge < -0.3 is 4.74 Å². The average molecular weight is 349 g/mol. The Labute approximate surface area is 134 Å². The number of aryl methyl sites for hydroxylation is 3. The summed E-state index contributed by atoms with van der Waals surface area (Å²) in [7, 11) is 1.69. The van der Waals surface area contributed by atoms with Crippen LogP contribution in [0.1, 0.15) is 33.9 Å². The number of nitrogens with two attached hydrogens (primary N) is 1. The molecule has 21 heavy (non-hydrogen) atoms. The summed E-state index contributed by atoms with van der Waals surface area (Å²) in [5.41, 5.74) is 8.68. The number of hydrazine groups is 1. The molecule has 0 bridgehead atoms.